The van der Waals surface area contributed by atoms with E-state index >= 15 is 0 Å². The fraction of sp³-hybridized carbons (Fsp3) is 0.0571. The summed E-state index contributed by atoms with van der Waals surface area (Å²) >= 11 is 0. The van der Waals surface area contributed by atoms with Gasteiger partial charge >= 0.3 is 0 Å². The van der Waals surface area contributed by atoms with Crippen molar-refractivity contribution in [2.24, 2.45) is 0 Å². The first-order valence-corrected chi connectivity index (χ1v) is 25.2. The van der Waals surface area contributed by atoms with Crippen molar-refractivity contribution in [3.05, 3.63) is 300 Å². The van der Waals surface area contributed by atoms with Crippen LogP contribution in [0.1, 0.15) is 47.2 Å². The maximum absolute atomic E-state index is 2.49. The highest BCUT2D eigenvalue weighted by Crippen LogP contribution is 2.58. The van der Waals surface area contributed by atoms with Crippen LogP contribution in [0.4, 0.5) is 17.1 Å². The number of anilines is 3. The minimum absolute atomic E-state index is 0.145. The highest BCUT2D eigenvalue weighted by molar-refractivity contribution is 6.09. The van der Waals surface area contributed by atoms with Crippen molar-refractivity contribution in [3.63, 3.8) is 0 Å². The second kappa shape index (κ2) is 16.3. The lowest BCUT2D eigenvalue weighted by molar-refractivity contribution is 0.660. The van der Waals surface area contributed by atoms with E-state index in [1.165, 1.54) is 99.7 Å². The molecular formula is C70H50N2. The van der Waals surface area contributed by atoms with E-state index in [0.29, 0.717) is 0 Å². The Morgan fingerprint density at radius 1 is 0.306 bits per heavy atom. The van der Waals surface area contributed by atoms with Gasteiger partial charge in [0.05, 0.1) is 16.4 Å². The summed E-state index contributed by atoms with van der Waals surface area (Å²) < 4.78 is 2.38. The summed E-state index contributed by atoms with van der Waals surface area (Å²) in [5.41, 5.74) is 23.9. The molecule has 2 aliphatic rings. The van der Waals surface area contributed by atoms with Crippen LogP contribution in [-0.2, 0) is 10.8 Å². The van der Waals surface area contributed by atoms with E-state index in [0.717, 1.165) is 22.7 Å². The summed E-state index contributed by atoms with van der Waals surface area (Å²) in [7, 11) is 0. The fourth-order valence-electron chi connectivity index (χ4n) is 12.5. The second-order valence-corrected chi connectivity index (χ2v) is 20.0. The Morgan fingerprint density at radius 3 is 1.35 bits per heavy atom. The van der Waals surface area contributed by atoms with Gasteiger partial charge in [-0.1, -0.05) is 220 Å². The number of para-hydroxylation sites is 2. The topological polar surface area (TPSA) is 8.17 Å². The van der Waals surface area contributed by atoms with Crippen LogP contribution in [0.3, 0.4) is 0 Å². The molecular weight excluding hydrogens is 869 g/mol. The summed E-state index contributed by atoms with van der Waals surface area (Å²) in [5, 5.41) is 2.54. The Morgan fingerprint density at radius 2 is 0.722 bits per heavy atom. The van der Waals surface area contributed by atoms with Crippen LogP contribution < -0.4 is 4.90 Å². The molecule has 11 aromatic carbocycles. The van der Waals surface area contributed by atoms with Gasteiger partial charge in [0.1, 0.15) is 0 Å². The molecule has 0 spiro atoms. The average Bonchev–Trinajstić information content (AvgIpc) is 4.02. The largest absolute Gasteiger partial charge is 0.310 e. The molecule has 14 rings (SSSR count). The number of benzene rings is 11. The molecule has 72 heavy (non-hydrogen) atoms. The summed E-state index contributed by atoms with van der Waals surface area (Å²) in [6, 6.07) is 99.1. The molecule has 2 aliphatic carbocycles. The van der Waals surface area contributed by atoms with E-state index in [1.807, 2.05) is 0 Å². The normalized spacial score (nSPS) is 15.0. The van der Waals surface area contributed by atoms with E-state index in [1.54, 1.807) is 0 Å². The van der Waals surface area contributed by atoms with E-state index in [-0.39, 0.29) is 5.41 Å². The third-order valence-corrected chi connectivity index (χ3v) is 15.9. The lowest BCUT2D eigenvalue weighted by Gasteiger charge is -2.35. The predicted octanol–water partition coefficient (Wildman–Crippen LogP) is 18.3. The van der Waals surface area contributed by atoms with Crippen molar-refractivity contribution in [2.45, 2.75) is 24.7 Å². The van der Waals surface area contributed by atoms with Gasteiger partial charge in [-0.05, 0) is 139 Å². The molecule has 0 radical (unpaired) electrons. The Labute approximate surface area is 421 Å². The number of nitrogens with zero attached hydrogens (tertiary/aromatic N) is 2. The zero-order chi connectivity index (χ0) is 48.0. The standard InChI is InChI=1S/C70H50N2/c1-69(2)63-25-13-9-21-57(63)59-43-41-55(45-65(59)69)71(53-37-31-49(32-38-53)47-17-5-3-6-18-47)56-42-44-60-58-22-10-14-26-64(58)70(66(60)46-56,51-19-7-4-8-20-51)52-35-29-48(30-36-52)50-33-39-54(40-34-50)72-67-27-15-11-23-61(67)62-24-12-16-28-68(62)72/h3-46H,1-2H3. The highest BCUT2D eigenvalue weighted by Gasteiger charge is 2.46. The van der Waals surface area contributed by atoms with E-state index in [4.69, 9.17) is 0 Å². The minimum atomic E-state index is -0.591. The molecule has 1 unspecified atom stereocenters. The van der Waals surface area contributed by atoms with Gasteiger partial charge in [-0.2, -0.15) is 0 Å². The number of aromatic nitrogens is 1. The molecule has 0 fully saturated rings. The van der Waals surface area contributed by atoms with Gasteiger partial charge in [0.25, 0.3) is 0 Å². The lowest BCUT2D eigenvalue weighted by atomic mass is 9.67. The molecule has 2 nitrogen and oxygen atoms in total. The van der Waals surface area contributed by atoms with Gasteiger partial charge in [0, 0.05) is 38.9 Å². The van der Waals surface area contributed by atoms with Gasteiger partial charge < -0.3 is 9.47 Å². The van der Waals surface area contributed by atoms with Crippen molar-refractivity contribution >= 4 is 38.9 Å². The third kappa shape index (κ3) is 6.28. The van der Waals surface area contributed by atoms with Crippen molar-refractivity contribution in [1.29, 1.82) is 0 Å². The van der Waals surface area contributed by atoms with Gasteiger partial charge in [-0.15, -0.1) is 0 Å². The molecule has 0 amide bonds. The number of hydrogen-bond acceptors (Lipinski definition) is 1. The molecule has 0 saturated carbocycles. The van der Waals surface area contributed by atoms with Crippen LogP contribution in [0.25, 0.3) is 72.0 Å². The van der Waals surface area contributed by atoms with Gasteiger partial charge in [0.15, 0.2) is 0 Å². The summed E-state index contributed by atoms with van der Waals surface area (Å²) in [4.78, 5) is 2.47. The number of fused-ring (bicyclic) bond motifs is 9. The van der Waals surface area contributed by atoms with Crippen molar-refractivity contribution < 1.29 is 0 Å². The Balaban J connectivity index is 0.916. The quantitative estimate of drug-likeness (QED) is 0.147. The monoisotopic (exact) mass is 918 g/mol. The zero-order valence-electron chi connectivity index (χ0n) is 40.3. The summed E-state index contributed by atoms with van der Waals surface area (Å²) in [5.74, 6) is 0. The maximum atomic E-state index is 2.49. The Bertz CT molecular complexity index is 3980. The molecule has 1 atom stereocenters. The molecule has 0 N–H and O–H groups in total. The van der Waals surface area contributed by atoms with Crippen molar-refractivity contribution in [1.82, 2.24) is 4.57 Å². The molecule has 0 saturated heterocycles. The number of rotatable bonds is 8. The minimum Gasteiger partial charge on any atom is -0.310 e. The smallest absolute Gasteiger partial charge is 0.0714 e. The number of hydrogen-bond donors (Lipinski definition) is 0. The van der Waals surface area contributed by atoms with Crippen LogP contribution in [0, 0.1) is 0 Å². The van der Waals surface area contributed by atoms with E-state index in [2.05, 4.69) is 290 Å². The molecule has 12 aromatic rings. The SMILES string of the molecule is CC1(C)c2ccccc2-c2ccc(N(c3ccc(-c4ccccc4)cc3)c3ccc4c(c3)C(c3ccccc3)(c3ccc(-c5ccc(-n6c7ccccc7c7ccccc76)cc5)cc3)c3ccccc3-4)cc21. The molecule has 0 bridgehead atoms. The van der Waals surface area contributed by atoms with Gasteiger partial charge in [-0.3, -0.25) is 0 Å². The third-order valence-electron chi connectivity index (χ3n) is 15.9. The zero-order valence-corrected chi connectivity index (χ0v) is 40.3. The molecule has 2 heteroatoms. The first-order valence-electron chi connectivity index (χ1n) is 25.2. The Kier molecular flexibility index (Phi) is 9.50. The fourth-order valence-corrected chi connectivity index (χ4v) is 12.5. The van der Waals surface area contributed by atoms with Crippen LogP contribution in [0.15, 0.2) is 267 Å². The van der Waals surface area contributed by atoms with Crippen LogP contribution >= 0.6 is 0 Å². The summed E-state index contributed by atoms with van der Waals surface area (Å²) in [6.07, 6.45) is 0. The van der Waals surface area contributed by atoms with Gasteiger partial charge in [-0.25, -0.2) is 0 Å². The second-order valence-electron chi connectivity index (χ2n) is 20.0. The lowest BCUT2D eigenvalue weighted by Crippen LogP contribution is -2.28. The van der Waals surface area contributed by atoms with Gasteiger partial charge in [0.2, 0.25) is 0 Å². The van der Waals surface area contributed by atoms with Crippen LogP contribution in [0.5, 0.6) is 0 Å². The molecule has 340 valence electrons. The van der Waals surface area contributed by atoms with E-state index < -0.39 is 5.41 Å². The van der Waals surface area contributed by atoms with E-state index in [9.17, 15) is 0 Å². The average molecular weight is 919 g/mol. The van der Waals surface area contributed by atoms with Crippen LogP contribution in [0.2, 0.25) is 0 Å². The molecule has 1 heterocycles. The first kappa shape index (κ1) is 41.9. The molecule has 1 aromatic heterocycles. The van der Waals surface area contributed by atoms with Crippen molar-refractivity contribution in [3.8, 4) is 50.2 Å². The summed E-state index contributed by atoms with van der Waals surface area (Å²) in [6.45, 7) is 4.74. The first-order chi connectivity index (χ1) is 35.5. The van der Waals surface area contributed by atoms with Crippen molar-refractivity contribution in [2.75, 3.05) is 4.90 Å². The van der Waals surface area contributed by atoms with Crippen LogP contribution in [-0.4, -0.2) is 4.57 Å². The maximum Gasteiger partial charge on any atom is 0.0714 e. The Hall–Kier alpha value is -8.98. The molecule has 0 aliphatic heterocycles. The highest BCUT2D eigenvalue weighted by atomic mass is 15.1. The predicted molar refractivity (Wildman–Crippen MR) is 301 cm³/mol.